The van der Waals surface area contributed by atoms with Crippen molar-refractivity contribution in [1.29, 1.82) is 0 Å². The summed E-state index contributed by atoms with van der Waals surface area (Å²) < 4.78 is 41.8. The second kappa shape index (κ2) is 13.2. The first-order valence-corrected chi connectivity index (χ1v) is 15.0. The summed E-state index contributed by atoms with van der Waals surface area (Å²) in [5, 5.41) is 3.15. The van der Waals surface area contributed by atoms with Gasteiger partial charge in [-0.25, -0.2) is 18.2 Å². The lowest BCUT2D eigenvalue weighted by molar-refractivity contribution is -0.933. The maximum absolute atomic E-state index is 13.7. The first-order chi connectivity index (χ1) is 19.8. The molecule has 3 heterocycles. The van der Waals surface area contributed by atoms with Gasteiger partial charge in [0.05, 0.1) is 37.4 Å². The van der Waals surface area contributed by atoms with E-state index in [0.717, 1.165) is 48.2 Å². The number of aromatic nitrogens is 2. The van der Waals surface area contributed by atoms with E-state index in [-0.39, 0.29) is 23.8 Å². The molecule has 3 aromatic rings. The fraction of sp³-hybridized carbons (Fsp3) is 0.500. The number of rotatable bonds is 7. The van der Waals surface area contributed by atoms with E-state index in [1.165, 1.54) is 69.8 Å². The van der Waals surface area contributed by atoms with Crippen molar-refractivity contribution >= 4 is 5.95 Å². The van der Waals surface area contributed by atoms with Gasteiger partial charge in [-0.1, -0.05) is 31.0 Å². The van der Waals surface area contributed by atoms with Crippen molar-refractivity contribution in [3.63, 3.8) is 0 Å². The van der Waals surface area contributed by atoms with Crippen LogP contribution in [0.2, 0.25) is 0 Å². The summed E-state index contributed by atoms with van der Waals surface area (Å²) in [6.07, 6.45) is 10.0. The predicted molar refractivity (Wildman–Crippen MR) is 156 cm³/mol. The van der Waals surface area contributed by atoms with Gasteiger partial charge in [0, 0.05) is 31.3 Å². The van der Waals surface area contributed by atoms with Crippen molar-refractivity contribution in [3.05, 3.63) is 81.5 Å². The van der Waals surface area contributed by atoms with E-state index in [1.807, 2.05) is 0 Å². The maximum Gasteiger partial charge on any atom is 0.260 e. The molecule has 2 aliphatic rings. The highest BCUT2D eigenvalue weighted by atomic mass is 19.2. The molecule has 9 heteroatoms. The van der Waals surface area contributed by atoms with Gasteiger partial charge in [-0.15, -0.1) is 0 Å². The Morgan fingerprint density at radius 1 is 0.902 bits per heavy atom. The summed E-state index contributed by atoms with van der Waals surface area (Å²) in [5.41, 5.74) is 8.45. The van der Waals surface area contributed by atoms with Crippen LogP contribution in [-0.2, 0) is 6.42 Å². The number of nitrogens with zero attached hydrogens (tertiary/aromatic N) is 2. The molecule has 4 N–H and O–H groups in total. The van der Waals surface area contributed by atoms with Gasteiger partial charge < -0.3 is 15.5 Å². The highest BCUT2D eigenvalue weighted by Crippen LogP contribution is 2.36. The number of nitrogens with two attached hydrogens (primary N) is 1. The number of piperidine rings is 1. The normalized spacial score (nSPS) is 18.8. The van der Waals surface area contributed by atoms with Crippen LogP contribution in [0.5, 0.6) is 0 Å². The molecule has 0 amide bonds. The van der Waals surface area contributed by atoms with Gasteiger partial charge in [-0.2, -0.15) is 0 Å². The number of benzene rings is 2. The summed E-state index contributed by atoms with van der Waals surface area (Å²) in [6.45, 7) is 4.88. The van der Waals surface area contributed by atoms with Crippen LogP contribution in [0, 0.1) is 17.5 Å². The third-order valence-electron chi connectivity index (χ3n) is 8.90. The SMILES string of the molecule is NC(CNc1nc(C2CC[N+]3(CCCCCCCC3)CC2)c(-c2ccc(F)cc2)c(=O)[nH]1)Cc1ccc(F)c(F)c1. The van der Waals surface area contributed by atoms with Gasteiger partial charge in [0.15, 0.2) is 11.6 Å². The Morgan fingerprint density at radius 2 is 1.56 bits per heavy atom. The van der Waals surface area contributed by atoms with Crippen LogP contribution in [0.1, 0.15) is 68.5 Å². The van der Waals surface area contributed by atoms with E-state index in [0.29, 0.717) is 29.1 Å². The Balaban J connectivity index is 1.35. The van der Waals surface area contributed by atoms with E-state index in [4.69, 9.17) is 10.7 Å². The molecule has 220 valence electrons. The summed E-state index contributed by atoms with van der Waals surface area (Å²) in [4.78, 5) is 21.2. The molecule has 1 spiro atoms. The molecule has 2 fully saturated rings. The number of H-pyrrole nitrogens is 1. The summed E-state index contributed by atoms with van der Waals surface area (Å²) in [6, 6.07) is 9.34. The summed E-state index contributed by atoms with van der Waals surface area (Å²) in [5.74, 6) is -1.71. The Labute approximate surface area is 239 Å². The molecule has 1 unspecified atom stereocenters. The van der Waals surface area contributed by atoms with E-state index in [2.05, 4.69) is 10.3 Å². The quantitative estimate of drug-likeness (QED) is 0.311. The van der Waals surface area contributed by atoms with Crippen molar-refractivity contribution in [2.75, 3.05) is 38.0 Å². The molecule has 0 bridgehead atoms. The zero-order valence-electron chi connectivity index (χ0n) is 23.6. The number of aromatic amines is 1. The standard InChI is InChI=1S/C32H40F3N5O/c33-25-10-8-23(9-11-25)29-30(24-13-17-40(18-14-24)15-5-3-1-2-4-6-16-40)38-32(39-31(29)41)37-21-26(36)19-22-7-12-27(34)28(35)20-22/h7-12,20,24,26H,1-6,13-19,21,36H2,(H-,37,38,39,41)/p+1. The van der Waals surface area contributed by atoms with Crippen molar-refractivity contribution in [3.8, 4) is 11.1 Å². The first kappa shape index (κ1) is 29.3. The molecule has 6 nitrogen and oxygen atoms in total. The lowest BCUT2D eigenvalue weighted by Crippen LogP contribution is -2.53. The minimum atomic E-state index is -0.905. The lowest BCUT2D eigenvalue weighted by atomic mass is 9.87. The van der Waals surface area contributed by atoms with E-state index < -0.39 is 17.7 Å². The van der Waals surface area contributed by atoms with Crippen LogP contribution in [0.3, 0.4) is 0 Å². The average molecular weight is 569 g/mol. The number of nitrogens with one attached hydrogen (secondary N) is 2. The monoisotopic (exact) mass is 568 g/mol. The Kier molecular flexibility index (Phi) is 9.45. The smallest absolute Gasteiger partial charge is 0.260 e. The van der Waals surface area contributed by atoms with Crippen LogP contribution in [0.4, 0.5) is 19.1 Å². The second-order valence-corrected chi connectivity index (χ2v) is 11.9. The highest BCUT2D eigenvalue weighted by molar-refractivity contribution is 5.66. The summed E-state index contributed by atoms with van der Waals surface area (Å²) >= 11 is 0. The zero-order chi connectivity index (χ0) is 28.8. The molecule has 0 radical (unpaired) electrons. The Bertz CT molecular complexity index is 1360. The number of halogens is 3. The molecule has 0 aliphatic carbocycles. The van der Waals surface area contributed by atoms with E-state index >= 15 is 0 Å². The number of hydrogen-bond acceptors (Lipinski definition) is 4. The fourth-order valence-corrected chi connectivity index (χ4v) is 6.58. The largest absolute Gasteiger partial charge is 0.354 e. The average Bonchev–Trinajstić information content (AvgIpc) is 3.07. The molecule has 2 aromatic carbocycles. The molecule has 1 aromatic heterocycles. The van der Waals surface area contributed by atoms with Gasteiger partial charge in [0.25, 0.3) is 5.56 Å². The minimum Gasteiger partial charge on any atom is -0.354 e. The van der Waals surface area contributed by atoms with Crippen LogP contribution < -0.4 is 16.6 Å². The lowest BCUT2D eigenvalue weighted by Gasteiger charge is -2.44. The van der Waals surface area contributed by atoms with Crippen LogP contribution >= 0.6 is 0 Å². The van der Waals surface area contributed by atoms with Crippen molar-refractivity contribution in [2.45, 2.75) is 69.7 Å². The third kappa shape index (κ3) is 7.38. The number of quaternary nitrogens is 1. The van der Waals surface area contributed by atoms with Gasteiger partial charge in [0.1, 0.15) is 5.82 Å². The van der Waals surface area contributed by atoms with Crippen LogP contribution in [-0.4, -0.2) is 53.2 Å². The highest BCUT2D eigenvalue weighted by Gasteiger charge is 2.36. The minimum absolute atomic E-state index is 0.116. The molecular weight excluding hydrogens is 527 g/mol. The van der Waals surface area contributed by atoms with Gasteiger partial charge in [-0.3, -0.25) is 9.78 Å². The predicted octanol–water partition coefficient (Wildman–Crippen LogP) is 5.88. The molecule has 0 saturated carbocycles. The number of anilines is 1. The zero-order valence-corrected chi connectivity index (χ0v) is 23.6. The maximum atomic E-state index is 13.7. The third-order valence-corrected chi connectivity index (χ3v) is 8.90. The first-order valence-electron chi connectivity index (χ1n) is 15.0. The van der Waals surface area contributed by atoms with Crippen molar-refractivity contribution in [2.24, 2.45) is 5.73 Å². The van der Waals surface area contributed by atoms with Gasteiger partial charge in [0.2, 0.25) is 5.95 Å². The molecule has 41 heavy (non-hydrogen) atoms. The fourth-order valence-electron chi connectivity index (χ4n) is 6.58. The molecule has 1 atom stereocenters. The molecular formula is C32H41F3N5O+. The van der Waals surface area contributed by atoms with E-state index in [9.17, 15) is 18.0 Å². The topological polar surface area (TPSA) is 83.8 Å². The number of hydrogen-bond donors (Lipinski definition) is 3. The van der Waals surface area contributed by atoms with Crippen LogP contribution in [0.15, 0.2) is 47.3 Å². The Hall–Kier alpha value is -3.17. The Morgan fingerprint density at radius 3 is 2.22 bits per heavy atom. The van der Waals surface area contributed by atoms with Crippen molar-refractivity contribution < 1.29 is 17.7 Å². The molecule has 5 rings (SSSR count). The van der Waals surface area contributed by atoms with Crippen LogP contribution in [0.25, 0.3) is 11.1 Å². The van der Waals surface area contributed by atoms with E-state index in [1.54, 1.807) is 12.1 Å². The van der Waals surface area contributed by atoms with Crippen molar-refractivity contribution in [1.82, 2.24) is 9.97 Å². The second-order valence-electron chi connectivity index (χ2n) is 11.9. The molecule has 2 aliphatic heterocycles. The van der Waals surface area contributed by atoms with Gasteiger partial charge in [-0.05, 0) is 67.5 Å². The summed E-state index contributed by atoms with van der Waals surface area (Å²) in [7, 11) is 0. The van der Waals surface area contributed by atoms with Gasteiger partial charge >= 0.3 is 0 Å². The molecule has 2 saturated heterocycles.